The highest BCUT2D eigenvalue weighted by Crippen LogP contribution is 2.49. The van der Waals surface area contributed by atoms with Crippen molar-refractivity contribution in [2.45, 2.75) is 33.6 Å². The Morgan fingerprint density at radius 3 is 1.87 bits per heavy atom. The summed E-state index contributed by atoms with van der Waals surface area (Å²) in [6.07, 6.45) is 1.73. The molecule has 0 N–H and O–H groups in total. The Hall–Kier alpha value is -1.77. The zero-order chi connectivity index (χ0) is 16.7. The molecule has 0 aromatic heterocycles. The van der Waals surface area contributed by atoms with Gasteiger partial charge in [-0.15, -0.1) is 0 Å². The summed E-state index contributed by atoms with van der Waals surface area (Å²) in [5, 5.41) is 0. The van der Waals surface area contributed by atoms with Gasteiger partial charge in [-0.1, -0.05) is 37.6 Å². The summed E-state index contributed by atoms with van der Waals surface area (Å²) < 4.78 is 29.6. The number of unbranched alkanes of at least 4 members (excludes halogenated alkanes) is 1. The van der Waals surface area contributed by atoms with E-state index in [4.69, 9.17) is 13.6 Å². The van der Waals surface area contributed by atoms with Crippen LogP contribution in [0, 0.1) is 13.8 Å². The van der Waals surface area contributed by atoms with Crippen LogP contribution < -0.4 is 9.05 Å². The van der Waals surface area contributed by atoms with Gasteiger partial charge in [0.15, 0.2) is 0 Å². The third-order valence-electron chi connectivity index (χ3n) is 3.16. The molecule has 2 rings (SSSR count). The van der Waals surface area contributed by atoms with Gasteiger partial charge in [-0.3, -0.25) is 4.52 Å². The van der Waals surface area contributed by atoms with E-state index in [1.807, 2.05) is 45.0 Å². The summed E-state index contributed by atoms with van der Waals surface area (Å²) >= 11 is 0. The van der Waals surface area contributed by atoms with Crippen LogP contribution in [0.2, 0.25) is 0 Å². The van der Waals surface area contributed by atoms with Gasteiger partial charge in [-0.25, -0.2) is 4.57 Å². The molecule has 0 aliphatic heterocycles. The first kappa shape index (κ1) is 17.6. The molecular weight excluding hydrogens is 311 g/mol. The Balaban J connectivity index is 2.18. The molecule has 0 fully saturated rings. The third-order valence-corrected chi connectivity index (χ3v) is 4.53. The first-order valence-corrected chi connectivity index (χ1v) is 9.24. The highest BCUT2D eigenvalue weighted by Gasteiger charge is 2.30. The normalized spacial score (nSPS) is 11.3. The lowest BCUT2D eigenvalue weighted by Gasteiger charge is -2.19. The Bertz CT molecular complexity index is 633. The van der Waals surface area contributed by atoms with Crippen LogP contribution >= 0.6 is 7.82 Å². The maximum absolute atomic E-state index is 13.0. The molecule has 0 bridgehead atoms. The molecule has 23 heavy (non-hydrogen) atoms. The first-order chi connectivity index (χ1) is 11.0. The molecule has 0 amide bonds. The minimum absolute atomic E-state index is 0.325. The first-order valence-electron chi connectivity index (χ1n) is 7.78. The molecule has 0 radical (unpaired) electrons. The van der Waals surface area contributed by atoms with E-state index < -0.39 is 7.82 Å². The second-order valence-corrected chi connectivity index (χ2v) is 6.97. The molecule has 5 heteroatoms. The average molecular weight is 334 g/mol. The monoisotopic (exact) mass is 334 g/mol. The van der Waals surface area contributed by atoms with E-state index in [0.717, 1.165) is 24.0 Å². The molecule has 0 aliphatic rings. The highest BCUT2D eigenvalue weighted by atomic mass is 31.2. The van der Waals surface area contributed by atoms with Crippen molar-refractivity contribution in [2.24, 2.45) is 0 Å². The van der Waals surface area contributed by atoms with Crippen LogP contribution in [0.15, 0.2) is 48.5 Å². The van der Waals surface area contributed by atoms with Gasteiger partial charge in [-0.05, 0) is 55.7 Å². The van der Waals surface area contributed by atoms with Crippen LogP contribution in [-0.2, 0) is 9.09 Å². The molecule has 0 heterocycles. The maximum Gasteiger partial charge on any atom is 0.587 e. The number of rotatable bonds is 8. The number of benzene rings is 2. The van der Waals surface area contributed by atoms with E-state index in [9.17, 15) is 4.57 Å². The lowest BCUT2D eigenvalue weighted by molar-refractivity contribution is 0.207. The Kier molecular flexibility index (Phi) is 6.26. The zero-order valence-corrected chi connectivity index (χ0v) is 14.7. The fraction of sp³-hybridized carbons (Fsp3) is 0.333. The van der Waals surface area contributed by atoms with Gasteiger partial charge in [0.25, 0.3) is 0 Å². The summed E-state index contributed by atoms with van der Waals surface area (Å²) in [6, 6.07) is 14.6. The number of hydrogen-bond donors (Lipinski definition) is 0. The van der Waals surface area contributed by atoms with E-state index in [-0.39, 0.29) is 0 Å². The van der Waals surface area contributed by atoms with Gasteiger partial charge in [0.1, 0.15) is 11.5 Å². The van der Waals surface area contributed by atoms with Crippen LogP contribution in [0.3, 0.4) is 0 Å². The zero-order valence-electron chi connectivity index (χ0n) is 13.8. The van der Waals surface area contributed by atoms with E-state index in [2.05, 4.69) is 0 Å². The number of phosphoric ester groups is 1. The van der Waals surface area contributed by atoms with Crippen molar-refractivity contribution < 1.29 is 18.1 Å². The topological polar surface area (TPSA) is 44.8 Å². The Morgan fingerprint density at radius 1 is 0.913 bits per heavy atom. The van der Waals surface area contributed by atoms with Gasteiger partial charge in [0.05, 0.1) is 6.61 Å². The quantitative estimate of drug-likeness (QED) is 0.460. The fourth-order valence-electron chi connectivity index (χ4n) is 1.99. The molecule has 124 valence electrons. The van der Waals surface area contributed by atoms with Crippen LogP contribution in [0.25, 0.3) is 0 Å². The molecule has 0 spiro atoms. The summed E-state index contributed by atoms with van der Waals surface area (Å²) in [5.41, 5.74) is 2.02. The SMILES string of the molecule is CCCCOP(=O)(Oc1cccc(C)c1)Oc1cccc(C)c1. The molecule has 0 atom stereocenters. The standard InChI is InChI=1S/C18H23O4P/c1-4-5-12-20-23(19,21-17-10-6-8-15(2)13-17)22-18-11-7-9-16(3)14-18/h6-11,13-14H,4-5,12H2,1-3H3. The maximum atomic E-state index is 13.0. The minimum atomic E-state index is -3.73. The van der Waals surface area contributed by atoms with Crippen molar-refractivity contribution >= 4 is 7.82 Å². The lowest BCUT2D eigenvalue weighted by Crippen LogP contribution is -2.06. The predicted molar refractivity (Wildman–Crippen MR) is 92.1 cm³/mol. The van der Waals surface area contributed by atoms with Crippen LogP contribution in [0.4, 0.5) is 0 Å². The van der Waals surface area contributed by atoms with Gasteiger partial charge in [0.2, 0.25) is 0 Å². The smallest absolute Gasteiger partial charge is 0.395 e. The minimum Gasteiger partial charge on any atom is -0.395 e. The third kappa shape index (κ3) is 5.74. The van der Waals surface area contributed by atoms with Gasteiger partial charge >= 0.3 is 7.82 Å². The fourth-order valence-corrected chi connectivity index (χ4v) is 3.23. The number of hydrogen-bond acceptors (Lipinski definition) is 4. The lowest BCUT2D eigenvalue weighted by atomic mass is 10.2. The van der Waals surface area contributed by atoms with Crippen molar-refractivity contribution in [1.29, 1.82) is 0 Å². The van der Waals surface area contributed by atoms with Gasteiger partial charge < -0.3 is 9.05 Å². The molecule has 2 aromatic carbocycles. The summed E-state index contributed by atoms with van der Waals surface area (Å²) in [7, 11) is -3.73. The van der Waals surface area contributed by atoms with Gasteiger partial charge in [0, 0.05) is 0 Å². The molecular formula is C18H23O4P. The largest absolute Gasteiger partial charge is 0.587 e. The number of aryl methyl sites for hydroxylation is 2. The Morgan fingerprint density at radius 2 is 1.43 bits per heavy atom. The van der Waals surface area contributed by atoms with E-state index in [0.29, 0.717) is 18.1 Å². The molecule has 0 unspecified atom stereocenters. The Labute approximate surface area is 138 Å². The number of phosphoric acid groups is 1. The molecule has 0 saturated carbocycles. The second-order valence-electron chi connectivity index (χ2n) is 5.45. The van der Waals surface area contributed by atoms with Crippen LogP contribution in [0.5, 0.6) is 11.5 Å². The van der Waals surface area contributed by atoms with E-state index >= 15 is 0 Å². The van der Waals surface area contributed by atoms with Crippen molar-refractivity contribution in [1.82, 2.24) is 0 Å². The van der Waals surface area contributed by atoms with E-state index in [1.165, 1.54) is 0 Å². The van der Waals surface area contributed by atoms with Gasteiger partial charge in [-0.2, -0.15) is 0 Å². The average Bonchev–Trinajstić information content (AvgIpc) is 2.47. The summed E-state index contributed by atoms with van der Waals surface area (Å²) in [6.45, 7) is 6.25. The molecule has 0 saturated heterocycles. The molecule has 4 nitrogen and oxygen atoms in total. The predicted octanol–water partition coefficient (Wildman–Crippen LogP) is 5.69. The highest BCUT2D eigenvalue weighted by molar-refractivity contribution is 7.49. The molecule has 0 aliphatic carbocycles. The van der Waals surface area contributed by atoms with Crippen molar-refractivity contribution in [2.75, 3.05) is 6.61 Å². The summed E-state index contributed by atoms with van der Waals surface area (Å²) in [5.74, 6) is 0.940. The van der Waals surface area contributed by atoms with Crippen molar-refractivity contribution in [3.05, 3.63) is 59.7 Å². The second kappa shape index (κ2) is 8.19. The van der Waals surface area contributed by atoms with Crippen molar-refractivity contribution in [3.8, 4) is 11.5 Å². The van der Waals surface area contributed by atoms with Crippen LogP contribution in [-0.4, -0.2) is 6.61 Å². The summed E-state index contributed by atoms with van der Waals surface area (Å²) in [4.78, 5) is 0. The van der Waals surface area contributed by atoms with Crippen LogP contribution in [0.1, 0.15) is 30.9 Å². The van der Waals surface area contributed by atoms with E-state index in [1.54, 1.807) is 24.3 Å². The van der Waals surface area contributed by atoms with Crippen molar-refractivity contribution in [3.63, 3.8) is 0 Å². The molecule has 2 aromatic rings.